The number of hydrogen-bond donors (Lipinski definition) is 1. The normalized spacial score (nSPS) is 14.3. The number of methoxy groups -OCH3 is 1. The second-order valence-electron chi connectivity index (χ2n) is 9.14. The molecule has 1 aliphatic heterocycles. The number of benzene rings is 3. The van der Waals surface area contributed by atoms with Gasteiger partial charge in [-0.2, -0.15) is 13.2 Å². The van der Waals surface area contributed by atoms with E-state index in [9.17, 15) is 18.0 Å². The molecule has 4 aromatic rings. The number of hydrogen-bond acceptors (Lipinski definition) is 3. The Morgan fingerprint density at radius 1 is 0.946 bits per heavy atom. The molecule has 1 aromatic heterocycles. The maximum Gasteiger partial charge on any atom is 0.416 e. The van der Waals surface area contributed by atoms with Crippen LogP contribution in [0.4, 0.5) is 18.9 Å². The number of carbonyl (C=O) groups is 1. The highest BCUT2D eigenvalue weighted by molar-refractivity contribution is 5.92. The fraction of sp³-hybridized carbons (Fsp3) is 0.276. The minimum atomic E-state index is -4.44. The Hall–Kier alpha value is -3.94. The van der Waals surface area contributed by atoms with Gasteiger partial charge in [0.05, 0.1) is 18.4 Å². The number of alkyl halides is 3. The van der Waals surface area contributed by atoms with Crippen LogP contribution in [0.5, 0.6) is 5.75 Å². The molecule has 0 radical (unpaired) electrons. The largest absolute Gasteiger partial charge is 0.495 e. The van der Waals surface area contributed by atoms with Crippen molar-refractivity contribution in [1.82, 2.24) is 9.88 Å². The number of H-pyrrole nitrogens is 1. The number of aryl methyl sites for hydroxylation is 1. The van der Waals surface area contributed by atoms with Crippen molar-refractivity contribution in [3.8, 4) is 17.0 Å². The summed E-state index contributed by atoms with van der Waals surface area (Å²) in [6.07, 6.45) is -3.87. The minimum absolute atomic E-state index is 0.0000133. The van der Waals surface area contributed by atoms with E-state index in [2.05, 4.69) is 9.88 Å². The van der Waals surface area contributed by atoms with E-state index in [1.165, 1.54) is 12.1 Å². The standard InChI is InChI=1S/C29H28F3N3O2/c1-37-26-10-6-5-9-25(26)34-15-17-35(18-16-34)27(36)14-12-22-23-19-21(29(30,31)32)11-13-24(23)33-28(22)20-7-3-2-4-8-20/h2-11,13,19,33H,12,14-18H2,1H3. The van der Waals surface area contributed by atoms with Crippen molar-refractivity contribution in [3.63, 3.8) is 0 Å². The summed E-state index contributed by atoms with van der Waals surface area (Å²) >= 11 is 0. The van der Waals surface area contributed by atoms with Gasteiger partial charge in [-0.3, -0.25) is 4.79 Å². The van der Waals surface area contributed by atoms with Gasteiger partial charge in [0.25, 0.3) is 0 Å². The molecule has 192 valence electrons. The lowest BCUT2D eigenvalue weighted by molar-refractivity contribution is -0.137. The van der Waals surface area contributed by atoms with E-state index < -0.39 is 11.7 Å². The van der Waals surface area contributed by atoms with Gasteiger partial charge in [0.15, 0.2) is 0 Å². The number of para-hydroxylation sites is 2. The number of aromatic amines is 1. The Kier molecular flexibility index (Phi) is 6.82. The quantitative estimate of drug-likeness (QED) is 0.341. The Morgan fingerprint density at radius 2 is 1.65 bits per heavy atom. The number of ether oxygens (including phenoxy) is 1. The number of nitrogens with one attached hydrogen (secondary N) is 1. The van der Waals surface area contributed by atoms with E-state index in [4.69, 9.17) is 4.74 Å². The molecule has 5 nitrogen and oxygen atoms in total. The first kappa shape index (κ1) is 24.7. The van der Waals surface area contributed by atoms with Crippen molar-refractivity contribution in [2.75, 3.05) is 38.2 Å². The van der Waals surface area contributed by atoms with E-state index in [1.54, 1.807) is 7.11 Å². The molecule has 37 heavy (non-hydrogen) atoms. The molecule has 0 atom stereocenters. The first-order chi connectivity index (χ1) is 17.8. The molecule has 3 aromatic carbocycles. The summed E-state index contributed by atoms with van der Waals surface area (Å²) in [6.45, 7) is 2.52. The molecule has 5 rings (SSSR count). The zero-order chi connectivity index (χ0) is 26.0. The fourth-order valence-electron chi connectivity index (χ4n) is 5.01. The third-order valence-electron chi connectivity index (χ3n) is 6.94. The van der Waals surface area contributed by atoms with E-state index in [1.807, 2.05) is 59.5 Å². The van der Waals surface area contributed by atoms with Gasteiger partial charge in [-0.1, -0.05) is 42.5 Å². The summed E-state index contributed by atoms with van der Waals surface area (Å²) in [5, 5.41) is 0.502. The molecule has 0 unspecified atom stereocenters. The van der Waals surface area contributed by atoms with Crippen molar-refractivity contribution in [1.29, 1.82) is 0 Å². The van der Waals surface area contributed by atoms with Crippen molar-refractivity contribution in [2.45, 2.75) is 19.0 Å². The molecule has 0 aliphatic carbocycles. The molecule has 1 amide bonds. The second kappa shape index (κ2) is 10.2. The number of fused-ring (bicyclic) bond motifs is 1. The van der Waals surface area contributed by atoms with E-state index in [-0.39, 0.29) is 12.3 Å². The maximum absolute atomic E-state index is 13.5. The van der Waals surface area contributed by atoms with Crippen molar-refractivity contribution in [3.05, 3.63) is 83.9 Å². The Balaban J connectivity index is 1.34. The van der Waals surface area contributed by atoms with Crippen LogP contribution < -0.4 is 9.64 Å². The number of amides is 1. The lowest BCUT2D eigenvalue weighted by atomic mass is 9.99. The zero-order valence-corrected chi connectivity index (χ0v) is 20.5. The third-order valence-corrected chi connectivity index (χ3v) is 6.94. The minimum Gasteiger partial charge on any atom is -0.495 e. The number of nitrogens with zero attached hydrogens (tertiary/aromatic N) is 2. The van der Waals surface area contributed by atoms with Gasteiger partial charge in [-0.15, -0.1) is 0 Å². The van der Waals surface area contributed by atoms with Crippen LogP contribution in [0.25, 0.3) is 22.2 Å². The smallest absolute Gasteiger partial charge is 0.416 e. The average Bonchev–Trinajstić information content (AvgIpc) is 3.29. The molecule has 0 spiro atoms. The lowest BCUT2D eigenvalue weighted by Crippen LogP contribution is -2.48. The van der Waals surface area contributed by atoms with Crippen LogP contribution in [0, 0.1) is 0 Å². The summed E-state index contributed by atoms with van der Waals surface area (Å²) in [4.78, 5) is 20.5. The average molecular weight is 508 g/mol. The van der Waals surface area contributed by atoms with Crippen LogP contribution in [-0.2, 0) is 17.4 Å². The Morgan fingerprint density at radius 3 is 2.35 bits per heavy atom. The Labute approximate surface area is 213 Å². The number of halogens is 3. The number of aromatic nitrogens is 1. The highest BCUT2D eigenvalue weighted by Crippen LogP contribution is 2.36. The van der Waals surface area contributed by atoms with Crippen LogP contribution in [0.15, 0.2) is 72.8 Å². The van der Waals surface area contributed by atoms with E-state index >= 15 is 0 Å². The highest BCUT2D eigenvalue weighted by Gasteiger charge is 2.31. The monoisotopic (exact) mass is 507 g/mol. The molecule has 1 fully saturated rings. The molecule has 1 aliphatic rings. The molecule has 2 heterocycles. The van der Waals surface area contributed by atoms with Gasteiger partial charge in [0, 0.05) is 49.2 Å². The molecule has 1 N–H and O–H groups in total. The first-order valence-corrected chi connectivity index (χ1v) is 12.3. The molecular formula is C29H28F3N3O2. The molecular weight excluding hydrogens is 479 g/mol. The molecule has 0 bridgehead atoms. The van der Waals surface area contributed by atoms with Gasteiger partial charge in [-0.05, 0) is 47.9 Å². The van der Waals surface area contributed by atoms with E-state index in [0.717, 1.165) is 34.3 Å². The number of rotatable bonds is 6. The summed E-state index contributed by atoms with van der Waals surface area (Å²) < 4.78 is 45.8. The summed E-state index contributed by atoms with van der Waals surface area (Å²) in [5.41, 5.74) is 3.29. The van der Waals surface area contributed by atoms with Crippen molar-refractivity contribution in [2.24, 2.45) is 0 Å². The van der Waals surface area contributed by atoms with Gasteiger partial charge >= 0.3 is 6.18 Å². The van der Waals surface area contributed by atoms with Gasteiger partial charge in [-0.25, -0.2) is 0 Å². The van der Waals surface area contributed by atoms with Crippen LogP contribution in [0.3, 0.4) is 0 Å². The Bertz CT molecular complexity index is 1390. The number of piperazine rings is 1. The number of anilines is 1. The summed E-state index contributed by atoms with van der Waals surface area (Å²) in [7, 11) is 1.64. The SMILES string of the molecule is COc1ccccc1N1CCN(C(=O)CCc2c(-c3ccccc3)[nH]c3ccc(C(F)(F)F)cc23)CC1. The van der Waals surface area contributed by atoms with Gasteiger partial charge < -0.3 is 19.5 Å². The van der Waals surface area contributed by atoms with E-state index in [0.29, 0.717) is 43.5 Å². The van der Waals surface area contributed by atoms with Crippen LogP contribution in [0.2, 0.25) is 0 Å². The fourth-order valence-corrected chi connectivity index (χ4v) is 5.01. The maximum atomic E-state index is 13.5. The zero-order valence-electron chi connectivity index (χ0n) is 20.5. The van der Waals surface area contributed by atoms with Gasteiger partial charge in [0.1, 0.15) is 5.75 Å². The summed E-state index contributed by atoms with van der Waals surface area (Å²) in [6, 6.07) is 21.0. The number of carbonyl (C=O) groups excluding carboxylic acids is 1. The second-order valence-corrected chi connectivity index (χ2v) is 9.14. The predicted octanol–water partition coefficient (Wildman–Crippen LogP) is 6.14. The van der Waals surface area contributed by atoms with Crippen molar-refractivity contribution < 1.29 is 22.7 Å². The third kappa shape index (κ3) is 5.14. The molecule has 0 saturated carbocycles. The summed E-state index contributed by atoms with van der Waals surface area (Å²) in [5.74, 6) is 0.799. The molecule has 1 saturated heterocycles. The lowest BCUT2D eigenvalue weighted by Gasteiger charge is -2.36. The highest BCUT2D eigenvalue weighted by atomic mass is 19.4. The topological polar surface area (TPSA) is 48.6 Å². The van der Waals surface area contributed by atoms with Crippen LogP contribution in [-0.4, -0.2) is 49.1 Å². The predicted molar refractivity (Wildman–Crippen MR) is 139 cm³/mol. The van der Waals surface area contributed by atoms with Crippen LogP contribution in [0.1, 0.15) is 17.5 Å². The molecule has 8 heteroatoms. The van der Waals surface area contributed by atoms with Crippen molar-refractivity contribution >= 4 is 22.5 Å². The van der Waals surface area contributed by atoms with Crippen LogP contribution >= 0.6 is 0 Å². The van der Waals surface area contributed by atoms with Gasteiger partial charge in [0.2, 0.25) is 5.91 Å². The first-order valence-electron chi connectivity index (χ1n) is 12.3.